The topological polar surface area (TPSA) is 43.9 Å². The minimum atomic E-state index is 0.165. The van der Waals surface area contributed by atoms with Crippen LogP contribution in [-0.4, -0.2) is 71.8 Å². The van der Waals surface area contributed by atoms with E-state index in [4.69, 9.17) is 0 Å². The van der Waals surface area contributed by atoms with Gasteiger partial charge in [-0.25, -0.2) is 0 Å². The summed E-state index contributed by atoms with van der Waals surface area (Å²) in [7, 11) is 2.18. The lowest BCUT2D eigenvalue weighted by atomic mass is 10.0. The first kappa shape index (κ1) is 15.8. The molecule has 22 heavy (non-hydrogen) atoms. The van der Waals surface area contributed by atoms with Crippen molar-refractivity contribution in [3.8, 4) is 0 Å². The summed E-state index contributed by atoms with van der Waals surface area (Å²) < 4.78 is 0. The number of carbonyl (C=O) groups excluding carboxylic acids is 2. The normalized spacial score (nSPS) is 30.9. The molecular weight excluding hydrogens is 278 g/mol. The maximum absolute atomic E-state index is 12.8. The third-order valence-corrected chi connectivity index (χ3v) is 5.64. The monoisotopic (exact) mass is 307 g/mol. The zero-order chi connectivity index (χ0) is 15.5. The van der Waals surface area contributed by atoms with E-state index >= 15 is 0 Å². The summed E-state index contributed by atoms with van der Waals surface area (Å²) in [4.78, 5) is 31.1. The SMILES string of the molecule is CN1CCC[C@@H]1[C@@H]1CCCN1C(=O)CN1CCCCCC1=O. The Balaban J connectivity index is 1.61. The van der Waals surface area contributed by atoms with Crippen molar-refractivity contribution in [1.29, 1.82) is 0 Å². The van der Waals surface area contributed by atoms with Gasteiger partial charge in [-0.15, -0.1) is 0 Å². The number of likely N-dealkylation sites (N-methyl/N-ethyl adjacent to an activating group) is 1. The molecule has 0 radical (unpaired) electrons. The van der Waals surface area contributed by atoms with Gasteiger partial charge in [0.05, 0.1) is 6.54 Å². The quantitative estimate of drug-likeness (QED) is 0.793. The molecular formula is C17H29N3O2. The largest absolute Gasteiger partial charge is 0.337 e. The first-order valence-electron chi connectivity index (χ1n) is 8.94. The van der Waals surface area contributed by atoms with E-state index in [-0.39, 0.29) is 11.8 Å². The van der Waals surface area contributed by atoms with Crippen LogP contribution in [0.1, 0.15) is 51.4 Å². The summed E-state index contributed by atoms with van der Waals surface area (Å²) in [6.45, 7) is 3.07. The predicted octanol–water partition coefficient (Wildman–Crippen LogP) is 1.47. The lowest BCUT2D eigenvalue weighted by Crippen LogP contribution is -2.50. The molecule has 3 heterocycles. The van der Waals surface area contributed by atoms with Gasteiger partial charge in [-0.1, -0.05) is 6.42 Å². The molecule has 3 aliphatic rings. The maximum atomic E-state index is 12.8. The van der Waals surface area contributed by atoms with Crippen LogP contribution in [0.4, 0.5) is 0 Å². The van der Waals surface area contributed by atoms with Crippen molar-refractivity contribution in [1.82, 2.24) is 14.7 Å². The molecule has 3 fully saturated rings. The molecule has 3 aliphatic heterocycles. The molecule has 3 saturated heterocycles. The van der Waals surface area contributed by atoms with Gasteiger partial charge in [0.15, 0.2) is 0 Å². The second-order valence-electron chi connectivity index (χ2n) is 7.11. The van der Waals surface area contributed by atoms with Crippen LogP contribution in [0, 0.1) is 0 Å². The van der Waals surface area contributed by atoms with Gasteiger partial charge in [0.2, 0.25) is 11.8 Å². The third-order valence-electron chi connectivity index (χ3n) is 5.64. The van der Waals surface area contributed by atoms with E-state index < -0.39 is 0 Å². The van der Waals surface area contributed by atoms with Crippen LogP contribution in [0.3, 0.4) is 0 Å². The summed E-state index contributed by atoms with van der Waals surface area (Å²) in [5, 5.41) is 0. The van der Waals surface area contributed by atoms with E-state index in [9.17, 15) is 9.59 Å². The minimum Gasteiger partial charge on any atom is -0.337 e. The fourth-order valence-corrected chi connectivity index (χ4v) is 4.38. The molecule has 0 N–H and O–H groups in total. The van der Waals surface area contributed by atoms with Crippen molar-refractivity contribution in [2.45, 2.75) is 63.5 Å². The van der Waals surface area contributed by atoms with Gasteiger partial charge in [-0.2, -0.15) is 0 Å². The molecule has 124 valence electrons. The van der Waals surface area contributed by atoms with Crippen molar-refractivity contribution in [3.63, 3.8) is 0 Å². The number of carbonyl (C=O) groups is 2. The van der Waals surface area contributed by atoms with E-state index in [1.165, 1.54) is 12.8 Å². The van der Waals surface area contributed by atoms with Gasteiger partial charge in [0, 0.05) is 31.6 Å². The fourth-order valence-electron chi connectivity index (χ4n) is 4.38. The van der Waals surface area contributed by atoms with E-state index in [0.29, 0.717) is 25.0 Å². The number of likely N-dealkylation sites (tertiary alicyclic amines) is 3. The van der Waals surface area contributed by atoms with Crippen molar-refractivity contribution in [3.05, 3.63) is 0 Å². The molecule has 0 aromatic heterocycles. The van der Waals surface area contributed by atoms with Crippen molar-refractivity contribution in [2.75, 3.05) is 33.2 Å². The average Bonchev–Trinajstić information content (AvgIpc) is 3.08. The van der Waals surface area contributed by atoms with Crippen molar-refractivity contribution >= 4 is 11.8 Å². The smallest absolute Gasteiger partial charge is 0.242 e. The molecule has 0 aliphatic carbocycles. The summed E-state index contributed by atoms with van der Waals surface area (Å²) in [6.07, 6.45) is 8.40. The molecule has 2 atom stereocenters. The summed E-state index contributed by atoms with van der Waals surface area (Å²) in [5.41, 5.74) is 0. The predicted molar refractivity (Wildman–Crippen MR) is 85.4 cm³/mol. The summed E-state index contributed by atoms with van der Waals surface area (Å²) in [6, 6.07) is 0.883. The fraction of sp³-hybridized carbons (Fsp3) is 0.882. The first-order chi connectivity index (χ1) is 10.7. The van der Waals surface area contributed by atoms with Crippen LogP contribution in [-0.2, 0) is 9.59 Å². The van der Waals surface area contributed by atoms with E-state index in [1.807, 2.05) is 0 Å². The van der Waals surface area contributed by atoms with Crippen molar-refractivity contribution in [2.24, 2.45) is 0 Å². The Hall–Kier alpha value is -1.10. The van der Waals surface area contributed by atoms with E-state index in [0.717, 1.165) is 51.7 Å². The summed E-state index contributed by atoms with van der Waals surface area (Å²) in [5.74, 6) is 0.331. The van der Waals surface area contributed by atoms with Crippen molar-refractivity contribution < 1.29 is 9.59 Å². The standard InChI is InChI=1S/C17H29N3O2/c1-18-10-5-7-14(18)15-8-6-12-20(15)17(22)13-19-11-4-2-3-9-16(19)21/h14-15H,2-13H2,1H3/t14-,15+/m1/s1. The third kappa shape index (κ3) is 3.29. The molecule has 3 rings (SSSR count). The second kappa shape index (κ2) is 6.99. The molecule has 0 aromatic carbocycles. The Morgan fingerprint density at radius 2 is 1.77 bits per heavy atom. The van der Waals surface area contributed by atoms with Gasteiger partial charge < -0.3 is 14.7 Å². The first-order valence-corrected chi connectivity index (χ1v) is 8.94. The lowest BCUT2D eigenvalue weighted by molar-refractivity contribution is -0.141. The number of hydrogen-bond acceptors (Lipinski definition) is 3. The average molecular weight is 307 g/mol. The Bertz CT molecular complexity index is 426. The van der Waals surface area contributed by atoms with Gasteiger partial charge in [0.25, 0.3) is 0 Å². The number of hydrogen-bond donors (Lipinski definition) is 0. The van der Waals surface area contributed by atoms with Gasteiger partial charge in [-0.05, 0) is 52.1 Å². The molecule has 0 bridgehead atoms. The Morgan fingerprint density at radius 1 is 1.00 bits per heavy atom. The molecule has 5 nitrogen and oxygen atoms in total. The van der Waals surface area contributed by atoms with E-state index in [2.05, 4.69) is 16.8 Å². The molecule has 2 amide bonds. The van der Waals surface area contributed by atoms with Crippen LogP contribution in [0.5, 0.6) is 0 Å². The molecule has 0 aromatic rings. The Labute approximate surface area is 133 Å². The number of nitrogens with zero attached hydrogens (tertiary/aromatic N) is 3. The maximum Gasteiger partial charge on any atom is 0.242 e. The lowest BCUT2D eigenvalue weighted by Gasteiger charge is -2.34. The Morgan fingerprint density at radius 3 is 2.55 bits per heavy atom. The number of amides is 2. The number of rotatable bonds is 3. The zero-order valence-corrected chi connectivity index (χ0v) is 13.8. The second-order valence-corrected chi connectivity index (χ2v) is 7.11. The molecule has 0 spiro atoms. The minimum absolute atomic E-state index is 0.165. The van der Waals surface area contributed by atoms with Crippen LogP contribution in [0.25, 0.3) is 0 Å². The van der Waals surface area contributed by atoms with Crippen LogP contribution in [0.15, 0.2) is 0 Å². The highest BCUT2D eigenvalue weighted by Crippen LogP contribution is 2.29. The molecule has 5 heteroatoms. The van der Waals surface area contributed by atoms with Gasteiger partial charge in [0.1, 0.15) is 0 Å². The Kier molecular flexibility index (Phi) is 5.01. The highest BCUT2D eigenvalue weighted by atomic mass is 16.2. The highest BCUT2D eigenvalue weighted by Gasteiger charge is 2.38. The van der Waals surface area contributed by atoms with Crippen LogP contribution in [0.2, 0.25) is 0 Å². The van der Waals surface area contributed by atoms with Gasteiger partial charge >= 0.3 is 0 Å². The zero-order valence-electron chi connectivity index (χ0n) is 13.8. The highest BCUT2D eigenvalue weighted by molar-refractivity contribution is 5.85. The van der Waals surface area contributed by atoms with Gasteiger partial charge in [-0.3, -0.25) is 9.59 Å². The van der Waals surface area contributed by atoms with Crippen LogP contribution < -0.4 is 0 Å². The van der Waals surface area contributed by atoms with Crippen LogP contribution >= 0.6 is 0 Å². The van der Waals surface area contributed by atoms with E-state index in [1.54, 1.807) is 4.90 Å². The molecule has 0 saturated carbocycles. The summed E-state index contributed by atoms with van der Waals surface area (Å²) >= 11 is 0. The molecule has 0 unspecified atom stereocenters.